The maximum absolute atomic E-state index is 12.5. The lowest BCUT2D eigenvalue weighted by atomic mass is 9.98. The number of piperazine rings is 1. The summed E-state index contributed by atoms with van der Waals surface area (Å²) in [6.45, 7) is 2.75. The molecule has 1 saturated heterocycles. The molecule has 1 fully saturated rings. The maximum atomic E-state index is 12.5. The zero-order valence-electron chi connectivity index (χ0n) is 11.9. The summed E-state index contributed by atoms with van der Waals surface area (Å²) in [5.41, 5.74) is 1.47. The Labute approximate surface area is 119 Å². The molecule has 5 nitrogen and oxygen atoms in total. The molecule has 0 spiro atoms. The van der Waals surface area contributed by atoms with Gasteiger partial charge in [-0.2, -0.15) is 5.26 Å². The summed E-state index contributed by atoms with van der Waals surface area (Å²) in [4.78, 5) is 20.2. The molecule has 0 N–H and O–H groups in total. The van der Waals surface area contributed by atoms with Gasteiger partial charge in [0.2, 0.25) is 5.91 Å². The number of likely N-dealkylation sites (N-methyl/N-ethyl adjacent to an activating group) is 1. The average Bonchev–Trinajstić information content (AvgIpc) is 2.45. The molecule has 20 heavy (non-hydrogen) atoms. The number of rotatable bonds is 2. The van der Waals surface area contributed by atoms with Gasteiger partial charge in [-0.25, -0.2) is 0 Å². The molecular formula is C15H18N4O. The van der Waals surface area contributed by atoms with Crippen molar-refractivity contribution in [3.8, 4) is 6.07 Å². The van der Waals surface area contributed by atoms with E-state index >= 15 is 0 Å². The van der Waals surface area contributed by atoms with Gasteiger partial charge < -0.3 is 9.80 Å². The molecule has 1 aliphatic heterocycles. The predicted molar refractivity (Wildman–Crippen MR) is 77.3 cm³/mol. The third kappa shape index (κ3) is 2.50. The van der Waals surface area contributed by atoms with Crippen LogP contribution in [0.1, 0.15) is 24.1 Å². The van der Waals surface area contributed by atoms with Crippen molar-refractivity contribution in [2.24, 2.45) is 4.99 Å². The van der Waals surface area contributed by atoms with Gasteiger partial charge in [0, 0.05) is 26.7 Å². The first-order chi connectivity index (χ1) is 9.58. The quantitative estimate of drug-likeness (QED) is 0.603. The van der Waals surface area contributed by atoms with Crippen LogP contribution >= 0.6 is 0 Å². The van der Waals surface area contributed by atoms with Crippen molar-refractivity contribution in [1.82, 2.24) is 9.80 Å². The summed E-state index contributed by atoms with van der Waals surface area (Å²) in [5, 5.41) is 8.85. The van der Waals surface area contributed by atoms with E-state index in [9.17, 15) is 4.79 Å². The molecular weight excluding hydrogens is 252 g/mol. The number of nitrogens with zero attached hydrogens (tertiary/aromatic N) is 4. The van der Waals surface area contributed by atoms with Crippen LogP contribution in [-0.2, 0) is 4.79 Å². The number of nitriles is 1. The van der Waals surface area contributed by atoms with Crippen LogP contribution in [0.15, 0.2) is 29.3 Å². The monoisotopic (exact) mass is 270 g/mol. The third-order valence-corrected chi connectivity index (χ3v) is 3.56. The maximum Gasteiger partial charge on any atom is 0.249 e. The smallest absolute Gasteiger partial charge is 0.249 e. The first-order valence-electron chi connectivity index (χ1n) is 6.53. The van der Waals surface area contributed by atoms with E-state index in [1.807, 2.05) is 24.1 Å². The Morgan fingerprint density at radius 2 is 2.05 bits per heavy atom. The molecule has 1 heterocycles. The standard InChI is InChI=1S/C15H18N4O/c1-11-9-18(3)15(20)14(19(11)10-17-2)13-6-4-12(8-16)5-7-13/h4-7,10-11,14H,9H2,1-3H3. The molecule has 2 atom stereocenters. The molecule has 1 aromatic carbocycles. The highest BCUT2D eigenvalue weighted by atomic mass is 16.2. The second-order valence-electron chi connectivity index (χ2n) is 5.03. The van der Waals surface area contributed by atoms with E-state index in [2.05, 4.69) is 18.0 Å². The van der Waals surface area contributed by atoms with Gasteiger partial charge in [-0.15, -0.1) is 0 Å². The normalized spacial score (nSPS) is 23.2. The van der Waals surface area contributed by atoms with Crippen molar-refractivity contribution < 1.29 is 4.79 Å². The summed E-state index contributed by atoms with van der Waals surface area (Å²) in [6.07, 6.45) is 1.72. The zero-order valence-corrected chi connectivity index (χ0v) is 11.9. The van der Waals surface area contributed by atoms with Crippen molar-refractivity contribution >= 4 is 12.2 Å². The molecule has 2 rings (SSSR count). The fourth-order valence-corrected chi connectivity index (χ4v) is 2.54. The van der Waals surface area contributed by atoms with Crippen LogP contribution in [0.4, 0.5) is 0 Å². The summed E-state index contributed by atoms with van der Waals surface area (Å²) in [7, 11) is 3.52. The molecule has 104 valence electrons. The van der Waals surface area contributed by atoms with Crippen LogP contribution in [0.2, 0.25) is 0 Å². The number of hydrogen-bond acceptors (Lipinski definition) is 3. The Morgan fingerprint density at radius 3 is 2.60 bits per heavy atom. The summed E-state index contributed by atoms with van der Waals surface area (Å²) >= 11 is 0. The van der Waals surface area contributed by atoms with Gasteiger partial charge in [0.1, 0.15) is 6.04 Å². The second-order valence-corrected chi connectivity index (χ2v) is 5.03. The summed E-state index contributed by atoms with van der Waals surface area (Å²) in [5.74, 6) is 0.0488. The van der Waals surface area contributed by atoms with Crippen LogP contribution < -0.4 is 0 Å². The number of amides is 1. The van der Waals surface area contributed by atoms with E-state index in [1.165, 1.54) is 0 Å². The van der Waals surface area contributed by atoms with E-state index < -0.39 is 0 Å². The third-order valence-electron chi connectivity index (χ3n) is 3.56. The van der Waals surface area contributed by atoms with Gasteiger partial charge in [0.25, 0.3) is 0 Å². The zero-order chi connectivity index (χ0) is 14.7. The SMILES string of the molecule is CN=CN1C(C)CN(C)C(=O)C1c1ccc(C#N)cc1. The fourth-order valence-electron chi connectivity index (χ4n) is 2.54. The molecule has 5 heteroatoms. The topological polar surface area (TPSA) is 59.7 Å². The van der Waals surface area contributed by atoms with Crippen molar-refractivity contribution in [1.29, 1.82) is 5.26 Å². The van der Waals surface area contributed by atoms with E-state index in [-0.39, 0.29) is 18.0 Å². The highest BCUT2D eigenvalue weighted by Crippen LogP contribution is 2.28. The summed E-state index contributed by atoms with van der Waals surface area (Å²) < 4.78 is 0. The molecule has 2 unspecified atom stereocenters. The van der Waals surface area contributed by atoms with Crippen molar-refractivity contribution in [3.05, 3.63) is 35.4 Å². The Morgan fingerprint density at radius 1 is 1.40 bits per heavy atom. The summed E-state index contributed by atoms with van der Waals surface area (Å²) in [6, 6.07) is 9.06. The number of carbonyl (C=O) groups is 1. The van der Waals surface area contributed by atoms with E-state index in [4.69, 9.17) is 5.26 Å². The van der Waals surface area contributed by atoms with E-state index in [0.717, 1.165) is 5.56 Å². The molecule has 1 aliphatic rings. The largest absolute Gasteiger partial charge is 0.343 e. The molecule has 1 amide bonds. The highest BCUT2D eigenvalue weighted by Gasteiger charge is 2.36. The molecule has 0 aliphatic carbocycles. The number of aliphatic imine (C=N–C) groups is 1. The lowest BCUT2D eigenvalue weighted by Crippen LogP contribution is -2.54. The van der Waals surface area contributed by atoms with Gasteiger partial charge in [-0.1, -0.05) is 12.1 Å². The minimum absolute atomic E-state index is 0.0488. The van der Waals surface area contributed by atoms with E-state index in [0.29, 0.717) is 12.1 Å². The fraction of sp³-hybridized carbons (Fsp3) is 0.400. The van der Waals surface area contributed by atoms with Gasteiger partial charge in [-0.05, 0) is 24.6 Å². The van der Waals surface area contributed by atoms with Gasteiger partial charge in [0.05, 0.1) is 18.0 Å². The minimum Gasteiger partial charge on any atom is -0.343 e. The number of benzene rings is 1. The Balaban J connectivity index is 2.41. The lowest BCUT2D eigenvalue weighted by Gasteiger charge is -2.42. The average molecular weight is 270 g/mol. The molecule has 0 bridgehead atoms. The van der Waals surface area contributed by atoms with Crippen LogP contribution in [0.5, 0.6) is 0 Å². The molecule has 0 saturated carbocycles. The van der Waals surface area contributed by atoms with Crippen molar-refractivity contribution in [3.63, 3.8) is 0 Å². The van der Waals surface area contributed by atoms with Crippen LogP contribution in [0, 0.1) is 11.3 Å². The van der Waals surface area contributed by atoms with Crippen molar-refractivity contribution in [2.75, 3.05) is 20.6 Å². The van der Waals surface area contributed by atoms with Gasteiger partial charge in [-0.3, -0.25) is 9.79 Å². The Hall–Kier alpha value is -2.35. The van der Waals surface area contributed by atoms with Crippen LogP contribution in [-0.4, -0.2) is 48.7 Å². The lowest BCUT2D eigenvalue weighted by molar-refractivity contribution is -0.139. The Kier molecular flexibility index (Phi) is 4.04. The highest BCUT2D eigenvalue weighted by molar-refractivity contribution is 5.86. The van der Waals surface area contributed by atoms with Crippen LogP contribution in [0.3, 0.4) is 0 Å². The first kappa shape index (κ1) is 14.1. The second kappa shape index (κ2) is 5.74. The molecule has 0 radical (unpaired) electrons. The number of carbonyl (C=O) groups excluding carboxylic acids is 1. The number of hydrogen-bond donors (Lipinski definition) is 0. The van der Waals surface area contributed by atoms with Crippen LogP contribution in [0.25, 0.3) is 0 Å². The first-order valence-corrected chi connectivity index (χ1v) is 6.53. The van der Waals surface area contributed by atoms with Gasteiger partial charge >= 0.3 is 0 Å². The Bertz CT molecular complexity index is 558. The molecule has 0 aromatic heterocycles. The minimum atomic E-state index is -0.375. The van der Waals surface area contributed by atoms with Crippen molar-refractivity contribution in [2.45, 2.75) is 19.0 Å². The predicted octanol–water partition coefficient (Wildman–Crippen LogP) is 1.42. The van der Waals surface area contributed by atoms with Gasteiger partial charge in [0.15, 0.2) is 0 Å². The van der Waals surface area contributed by atoms with E-state index in [1.54, 1.807) is 30.4 Å². The molecule has 1 aromatic rings.